The van der Waals surface area contributed by atoms with Crippen molar-refractivity contribution in [3.05, 3.63) is 57.6 Å². The molecule has 2 N–H and O–H groups in total. The van der Waals surface area contributed by atoms with Crippen molar-refractivity contribution in [3.63, 3.8) is 0 Å². The fourth-order valence-corrected chi connectivity index (χ4v) is 4.85. The number of likely N-dealkylation sites (N-methyl/N-ethyl adjacent to an activating group) is 2. The molecule has 2 atom stereocenters. The zero-order valence-electron chi connectivity index (χ0n) is 25.8. The monoisotopic (exact) mass is 534 g/mol. The summed E-state index contributed by atoms with van der Waals surface area (Å²) < 4.78 is 0. The van der Waals surface area contributed by atoms with Crippen LogP contribution in [-0.2, 0) is 23.9 Å². The van der Waals surface area contributed by atoms with Crippen molar-refractivity contribution in [3.8, 4) is 11.5 Å². The van der Waals surface area contributed by atoms with Crippen LogP contribution in [-0.4, -0.2) is 71.7 Å². The van der Waals surface area contributed by atoms with Gasteiger partial charge in [-0.1, -0.05) is 53.7 Å². The lowest BCUT2D eigenvalue weighted by atomic mass is 9.84. The summed E-state index contributed by atoms with van der Waals surface area (Å²) in [5.41, 5.74) is 5.63. The lowest BCUT2D eigenvalue weighted by Gasteiger charge is -2.26. The topological polar surface area (TPSA) is 71.7 Å². The number of nitrogens with zero attached hydrogens (tertiary/aromatic N) is 4. The van der Waals surface area contributed by atoms with Crippen LogP contribution < -0.4 is 0 Å². The van der Waals surface area contributed by atoms with Gasteiger partial charge in [-0.15, -0.1) is 0 Å². The average molecular weight is 535 g/mol. The molecule has 1 heterocycles. The minimum absolute atomic E-state index is 0.0294. The first-order valence-electron chi connectivity index (χ1n) is 14.2. The molecule has 3 rings (SSSR count). The van der Waals surface area contributed by atoms with Crippen LogP contribution in [0.5, 0.6) is 11.5 Å². The van der Waals surface area contributed by atoms with Crippen molar-refractivity contribution in [2.24, 2.45) is 9.98 Å². The summed E-state index contributed by atoms with van der Waals surface area (Å²) in [6, 6.07) is 8.45. The van der Waals surface area contributed by atoms with Crippen molar-refractivity contribution in [1.82, 2.24) is 9.80 Å². The summed E-state index contributed by atoms with van der Waals surface area (Å²) >= 11 is 0. The van der Waals surface area contributed by atoms with E-state index >= 15 is 0 Å². The van der Waals surface area contributed by atoms with Gasteiger partial charge in [0, 0.05) is 72.9 Å². The molecule has 0 aromatic heterocycles. The zero-order valence-corrected chi connectivity index (χ0v) is 25.8. The van der Waals surface area contributed by atoms with Crippen LogP contribution in [0.1, 0.15) is 95.2 Å². The van der Waals surface area contributed by atoms with Gasteiger partial charge < -0.3 is 20.0 Å². The summed E-state index contributed by atoms with van der Waals surface area (Å²) in [4.78, 5) is 14.1. The fourth-order valence-electron chi connectivity index (χ4n) is 4.85. The second kappa shape index (κ2) is 12.2. The average Bonchev–Trinajstić information content (AvgIpc) is 2.81. The fraction of sp³-hybridized carbons (Fsp3) is 0.576. The largest absolute Gasteiger partial charge is 0.507 e. The Kier molecular flexibility index (Phi) is 9.66. The van der Waals surface area contributed by atoms with Gasteiger partial charge in [0.2, 0.25) is 0 Å². The molecule has 0 amide bonds. The molecule has 0 saturated carbocycles. The second-order valence-electron chi connectivity index (χ2n) is 13.6. The standard InChI is InChI=1S/C33H50N4O2/c1-22-13-23(2)35-19-25-15-29(33(6,7)8)17-27(31(25)39)21-37(10)12-11-36(9)20-26-16-28(32(3,4)5)14-24(18-34-22)30(26)38/h14-19,22-23,38-39H,11-13,20-21H2,1-10H3/b34-18+,35-19+. The van der Waals surface area contributed by atoms with Gasteiger partial charge in [-0.25, -0.2) is 0 Å². The number of aromatic hydroxyl groups is 2. The first kappa shape index (κ1) is 30.8. The van der Waals surface area contributed by atoms with E-state index in [-0.39, 0.29) is 22.9 Å². The first-order chi connectivity index (χ1) is 18.0. The summed E-state index contributed by atoms with van der Waals surface area (Å²) in [6.45, 7) is 20.3. The highest BCUT2D eigenvalue weighted by Gasteiger charge is 2.21. The van der Waals surface area contributed by atoms with Crippen molar-refractivity contribution in [1.29, 1.82) is 0 Å². The molecule has 0 saturated heterocycles. The number of rotatable bonds is 0. The summed E-state index contributed by atoms with van der Waals surface area (Å²) in [5.74, 6) is 0.609. The lowest BCUT2D eigenvalue weighted by Crippen LogP contribution is -2.30. The van der Waals surface area contributed by atoms with Crippen molar-refractivity contribution >= 4 is 12.4 Å². The van der Waals surface area contributed by atoms with Gasteiger partial charge in [0.1, 0.15) is 11.5 Å². The van der Waals surface area contributed by atoms with Crippen molar-refractivity contribution in [2.45, 2.75) is 97.8 Å². The molecule has 6 heteroatoms. The molecule has 0 aliphatic carbocycles. The summed E-state index contributed by atoms with van der Waals surface area (Å²) in [5, 5.41) is 22.4. The van der Waals surface area contributed by atoms with E-state index in [4.69, 9.17) is 9.98 Å². The number of aliphatic imine (C=N–C) groups is 2. The predicted octanol–water partition coefficient (Wildman–Crippen LogP) is 6.28. The third-order valence-corrected chi connectivity index (χ3v) is 7.53. The quantitative estimate of drug-likeness (QED) is 0.418. The Labute approximate surface area is 236 Å². The molecule has 0 fully saturated rings. The van der Waals surface area contributed by atoms with Crippen molar-refractivity contribution < 1.29 is 10.2 Å². The van der Waals surface area contributed by atoms with Crippen LogP contribution in [0.4, 0.5) is 0 Å². The molecule has 214 valence electrons. The zero-order chi connectivity index (χ0) is 29.1. The third kappa shape index (κ3) is 8.39. The molecule has 1 aliphatic heterocycles. The molecular formula is C33H50N4O2. The Bertz CT molecular complexity index is 1110. The van der Waals surface area contributed by atoms with E-state index in [9.17, 15) is 10.2 Å². The van der Waals surface area contributed by atoms with Crippen LogP contribution >= 0.6 is 0 Å². The molecule has 4 bridgehead atoms. The van der Waals surface area contributed by atoms with Gasteiger partial charge in [0.15, 0.2) is 0 Å². The highest BCUT2D eigenvalue weighted by molar-refractivity contribution is 5.85. The Morgan fingerprint density at radius 3 is 1.36 bits per heavy atom. The van der Waals surface area contributed by atoms with Crippen LogP contribution in [0, 0.1) is 0 Å². The molecule has 2 aromatic rings. The predicted molar refractivity (Wildman–Crippen MR) is 165 cm³/mol. The number of phenols is 2. The molecule has 2 unspecified atom stereocenters. The second-order valence-corrected chi connectivity index (χ2v) is 13.6. The van der Waals surface area contributed by atoms with Gasteiger partial charge in [-0.3, -0.25) is 9.98 Å². The van der Waals surface area contributed by atoms with Gasteiger partial charge >= 0.3 is 0 Å². The van der Waals surface area contributed by atoms with Gasteiger partial charge in [-0.2, -0.15) is 0 Å². The van der Waals surface area contributed by atoms with E-state index in [1.807, 2.05) is 12.4 Å². The van der Waals surface area contributed by atoms with Gasteiger partial charge in [0.05, 0.1) is 0 Å². The normalized spacial score (nSPS) is 22.5. The van der Waals surface area contributed by atoms with E-state index in [0.717, 1.165) is 41.8 Å². The van der Waals surface area contributed by atoms with E-state index in [2.05, 4.69) is 104 Å². The van der Waals surface area contributed by atoms with Crippen molar-refractivity contribution in [2.75, 3.05) is 27.2 Å². The minimum atomic E-state index is -0.0460. The maximum Gasteiger partial charge on any atom is 0.128 e. The number of fused-ring (bicyclic) bond motifs is 4. The molecule has 0 radical (unpaired) electrons. The van der Waals surface area contributed by atoms with E-state index < -0.39 is 0 Å². The first-order valence-corrected chi connectivity index (χ1v) is 14.2. The van der Waals surface area contributed by atoms with E-state index in [0.29, 0.717) is 24.6 Å². The van der Waals surface area contributed by atoms with E-state index in [1.165, 1.54) is 11.1 Å². The highest BCUT2D eigenvalue weighted by Crippen LogP contribution is 2.33. The molecule has 1 aliphatic rings. The number of benzene rings is 2. The van der Waals surface area contributed by atoms with Crippen LogP contribution in [0.25, 0.3) is 0 Å². The highest BCUT2D eigenvalue weighted by atomic mass is 16.3. The van der Waals surface area contributed by atoms with E-state index in [1.54, 1.807) is 0 Å². The minimum Gasteiger partial charge on any atom is -0.507 e. The third-order valence-electron chi connectivity index (χ3n) is 7.53. The van der Waals surface area contributed by atoms with Crippen LogP contribution in [0.15, 0.2) is 34.3 Å². The number of hydrogen-bond acceptors (Lipinski definition) is 6. The molecular weight excluding hydrogens is 484 g/mol. The molecule has 39 heavy (non-hydrogen) atoms. The lowest BCUT2D eigenvalue weighted by molar-refractivity contribution is 0.243. The Morgan fingerprint density at radius 2 is 1.03 bits per heavy atom. The van der Waals surface area contributed by atoms with Crippen LogP contribution in [0.2, 0.25) is 0 Å². The summed E-state index contributed by atoms with van der Waals surface area (Å²) in [6.07, 6.45) is 4.40. The maximum absolute atomic E-state index is 11.2. The van der Waals surface area contributed by atoms with Crippen LogP contribution in [0.3, 0.4) is 0 Å². The van der Waals surface area contributed by atoms with Gasteiger partial charge in [-0.05, 0) is 68.5 Å². The SMILES string of the molecule is CC1CC(C)/N=C/c2cc(C(C)(C)C)cc(c2O)CN(C)CCN(C)Cc2cc(C(C)(C)C)cc(c2O)/C=N/1. The Hall–Kier alpha value is -2.70. The Morgan fingerprint density at radius 1 is 0.667 bits per heavy atom. The number of hydrogen-bond donors (Lipinski definition) is 2. The smallest absolute Gasteiger partial charge is 0.128 e. The molecule has 0 spiro atoms. The summed E-state index contributed by atoms with van der Waals surface area (Å²) in [7, 11) is 4.17. The maximum atomic E-state index is 11.2. The molecule has 2 aromatic carbocycles. The molecule has 6 nitrogen and oxygen atoms in total. The Balaban J connectivity index is 2.03. The number of phenolic OH excluding ortho intramolecular Hbond substituents is 2. The van der Waals surface area contributed by atoms with Gasteiger partial charge in [0.25, 0.3) is 0 Å².